The number of hydrogen-bond acceptors (Lipinski definition) is 3. The van der Waals surface area contributed by atoms with Crippen LogP contribution in [0.5, 0.6) is 0 Å². The average molecular weight is 229 g/mol. The zero-order valence-corrected chi connectivity index (χ0v) is 10.5. The third kappa shape index (κ3) is 8.44. The lowest BCUT2D eigenvalue weighted by Crippen LogP contribution is -2.51. The van der Waals surface area contributed by atoms with Crippen molar-refractivity contribution in [2.24, 2.45) is 0 Å². The van der Waals surface area contributed by atoms with Crippen LogP contribution in [-0.4, -0.2) is 48.8 Å². The molecule has 0 spiro atoms. The average Bonchev–Trinajstić information content (AvgIpc) is 2.09. The van der Waals surface area contributed by atoms with Crippen LogP contribution in [0.1, 0.15) is 26.2 Å². The number of aliphatic hydroxyl groups excluding tert-OH is 1. The molecule has 0 bridgehead atoms. The van der Waals surface area contributed by atoms with Crippen molar-refractivity contribution >= 4 is 5.97 Å². The number of likely N-dealkylation sites (N-methyl/N-ethyl adjacent to an activating group) is 1. The van der Waals surface area contributed by atoms with E-state index < -0.39 is 12.1 Å². The van der Waals surface area contributed by atoms with Gasteiger partial charge in [0.2, 0.25) is 0 Å². The summed E-state index contributed by atoms with van der Waals surface area (Å²) in [6, 6.07) is 0. The highest BCUT2D eigenvalue weighted by Gasteiger charge is 2.18. The number of carboxylic acids is 1. The molecule has 0 amide bonds. The smallest absolute Gasteiger partial charge is 0.121 e. The molecule has 1 unspecified atom stereocenters. The monoisotopic (exact) mass is 229 g/mol. The second-order valence-corrected chi connectivity index (χ2v) is 4.79. The molecule has 0 saturated carbocycles. The van der Waals surface area contributed by atoms with E-state index in [0.717, 1.165) is 19.3 Å². The second-order valence-electron chi connectivity index (χ2n) is 4.79. The van der Waals surface area contributed by atoms with E-state index in [1.165, 1.54) is 0 Å². The van der Waals surface area contributed by atoms with Gasteiger partial charge < -0.3 is 19.5 Å². The molecule has 0 aliphatic carbocycles. The number of carboxylic acid groups (broad SMARTS) is 1. The van der Waals surface area contributed by atoms with Crippen molar-refractivity contribution in [3.05, 3.63) is 12.2 Å². The molecule has 1 atom stereocenters. The van der Waals surface area contributed by atoms with Crippen LogP contribution in [0, 0.1) is 0 Å². The predicted octanol–water partition coefficient (Wildman–Crippen LogP) is -0.0800. The summed E-state index contributed by atoms with van der Waals surface area (Å²) < 4.78 is 0.224. The van der Waals surface area contributed by atoms with E-state index in [0.29, 0.717) is 6.54 Å². The first-order valence-electron chi connectivity index (χ1n) is 5.74. The van der Waals surface area contributed by atoms with E-state index in [1.807, 2.05) is 6.08 Å². The minimum atomic E-state index is -1.09. The lowest BCUT2D eigenvalue weighted by Gasteiger charge is -2.31. The van der Waals surface area contributed by atoms with Gasteiger partial charge in [-0.15, -0.1) is 0 Å². The number of allylic oxidation sites excluding steroid dienone is 1. The summed E-state index contributed by atoms with van der Waals surface area (Å²) in [6.45, 7) is 2.42. The molecule has 94 valence electrons. The molecule has 4 nitrogen and oxygen atoms in total. The molecule has 16 heavy (non-hydrogen) atoms. The topological polar surface area (TPSA) is 60.4 Å². The minimum absolute atomic E-state index is 0.0835. The highest BCUT2D eigenvalue weighted by molar-refractivity contribution is 5.65. The number of nitrogens with zero attached hydrogens (tertiary/aromatic N) is 1. The van der Waals surface area contributed by atoms with Crippen LogP contribution in [-0.2, 0) is 4.79 Å². The van der Waals surface area contributed by atoms with Gasteiger partial charge in [0.25, 0.3) is 0 Å². The van der Waals surface area contributed by atoms with Gasteiger partial charge >= 0.3 is 0 Å². The molecule has 0 fully saturated rings. The lowest BCUT2D eigenvalue weighted by atomic mass is 10.2. The molecule has 0 rings (SSSR count). The van der Waals surface area contributed by atoms with Crippen molar-refractivity contribution < 1.29 is 19.5 Å². The third-order valence-corrected chi connectivity index (χ3v) is 2.32. The molecule has 4 heteroatoms. The first kappa shape index (κ1) is 15.1. The van der Waals surface area contributed by atoms with Gasteiger partial charge in [-0.2, -0.15) is 0 Å². The Kier molecular flexibility index (Phi) is 7.01. The zero-order valence-electron chi connectivity index (χ0n) is 10.5. The Bertz CT molecular complexity index is 236. The van der Waals surface area contributed by atoms with Crippen LogP contribution in [0.25, 0.3) is 0 Å². The summed E-state index contributed by atoms with van der Waals surface area (Å²) in [5.74, 6) is -1.09. The van der Waals surface area contributed by atoms with Crippen LogP contribution in [0.15, 0.2) is 12.2 Å². The molecule has 0 heterocycles. The predicted molar refractivity (Wildman–Crippen MR) is 61.5 cm³/mol. The van der Waals surface area contributed by atoms with Crippen molar-refractivity contribution in [1.29, 1.82) is 0 Å². The molecule has 1 N–H and O–H groups in total. The van der Waals surface area contributed by atoms with E-state index in [2.05, 4.69) is 6.92 Å². The van der Waals surface area contributed by atoms with Gasteiger partial charge in [-0.1, -0.05) is 31.9 Å². The van der Waals surface area contributed by atoms with Gasteiger partial charge in [0.15, 0.2) is 0 Å². The van der Waals surface area contributed by atoms with Gasteiger partial charge in [0, 0.05) is 0 Å². The fourth-order valence-electron chi connectivity index (χ4n) is 1.56. The SMILES string of the molecule is CCCC/C=C/C(O)C[N+](C)(C)CC(=O)[O-]. The summed E-state index contributed by atoms with van der Waals surface area (Å²) in [5, 5.41) is 20.2. The molecule has 0 radical (unpaired) electrons. The largest absolute Gasteiger partial charge is 0.544 e. The molecular weight excluding hydrogens is 206 g/mol. The summed E-state index contributed by atoms with van der Waals surface area (Å²) >= 11 is 0. The highest BCUT2D eigenvalue weighted by Crippen LogP contribution is 2.02. The fraction of sp³-hybridized carbons (Fsp3) is 0.750. The Labute approximate surface area is 97.8 Å². The van der Waals surface area contributed by atoms with E-state index in [4.69, 9.17) is 0 Å². The van der Waals surface area contributed by atoms with Crippen molar-refractivity contribution in [3.63, 3.8) is 0 Å². The maximum atomic E-state index is 10.5. The number of quaternary nitrogens is 1. The summed E-state index contributed by atoms with van der Waals surface area (Å²) in [7, 11) is 3.53. The normalized spacial score (nSPS) is 14.2. The minimum Gasteiger partial charge on any atom is -0.544 e. The summed E-state index contributed by atoms with van der Waals surface area (Å²) in [4.78, 5) is 10.5. The number of carbonyl (C=O) groups is 1. The number of aliphatic hydroxyl groups is 1. The number of hydrogen-bond donors (Lipinski definition) is 1. The van der Waals surface area contributed by atoms with Crippen molar-refractivity contribution in [3.8, 4) is 0 Å². The van der Waals surface area contributed by atoms with Gasteiger partial charge in [-0.05, 0) is 6.42 Å². The Morgan fingerprint density at radius 2 is 2.12 bits per heavy atom. The number of rotatable bonds is 8. The number of aliphatic carboxylic acids is 1. The second kappa shape index (κ2) is 7.41. The quantitative estimate of drug-likeness (QED) is 0.360. The number of unbranched alkanes of at least 4 members (excludes halogenated alkanes) is 2. The molecule has 0 aromatic carbocycles. The van der Waals surface area contributed by atoms with Crippen molar-refractivity contribution in [2.75, 3.05) is 27.2 Å². The van der Waals surface area contributed by atoms with Gasteiger partial charge in [-0.25, -0.2) is 0 Å². The Balaban J connectivity index is 3.97. The van der Waals surface area contributed by atoms with Crippen LogP contribution in [0.3, 0.4) is 0 Å². The Morgan fingerprint density at radius 1 is 1.50 bits per heavy atom. The van der Waals surface area contributed by atoms with E-state index in [9.17, 15) is 15.0 Å². The molecule has 0 saturated heterocycles. The standard InChI is InChI=1S/C12H23NO3/c1-4-5-6-7-8-11(14)9-13(2,3)10-12(15)16/h7-8,11,14H,4-6,9-10H2,1-3H3/b8-7+. The summed E-state index contributed by atoms with van der Waals surface area (Å²) in [5.41, 5.74) is 0. The fourth-order valence-corrected chi connectivity index (χ4v) is 1.56. The maximum absolute atomic E-state index is 10.5. The van der Waals surface area contributed by atoms with Crippen LogP contribution >= 0.6 is 0 Å². The van der Waals surface area contributed by atoms with Crippen molar-refractivity contribution in [2.45, 2.75) is 32.3 Å². The van der Waals surface area contributed by atoms with E-state index in [-0.39, 0.29) is 11.0 Å². The van der Waals surface area contributed by atoms with Gasteiger partial charge in [-0.3, -0.25) is 0 Å². The Hall–Kier alpha value is -0.870. The van der Waals surface area contributed by atoms with Crippen LogP contribution in [0.2, 0.25) is 0 Å². The Morgan fingerprint density at radius 3 is 2.62 bits per heavy atom. The molecular formula is C12H23NO3. The van der Waals surface area contributed by atoms with Crippen molar-refractivity contribution in [1.82, 2.24) is 0 Å². The first-order valence-corrected chi connectivity index (χ1v) is 5.74. The summed E-state index contributed by atoms with van der Waals surface area (Å²) in [6.07, 6.45) is 6.30. The number of carbonyl (C=O) groups excluding carboxylic acids is 1. The third-order valence-electron chi connectivity index (χ3n) is 2.32. The molecule has 0 aromatic rings. The maximum Gasteiger partial charge on any atom is 0.121 e. The molecule has 0 aliphatic rings. The van der Waals surface area contributed by atoms with Crippen LogP contribution < -0.4 is 5.11 Å². The van der Waals surface area contributed by atoms with E-state index >= 15 is 0 Å². The highest BCUT2D eigenvalue weighted by atomic mass is 16.4. The van der Waals surface area contributed by atoms with Gasteiger partial charge in [0.1, 0.15) is 19.2 Å². The molecule has 0 aromatic heterocycles. The zero-order chi connectivity index (χ0) is 12.6. The molecule has 0 aliphatic heterocycles. The lowest BCUT2D eigenvalue weighted by molar-refractivity contribution is -0.887. The van der Waals surface area contributed by atoms with E-state index in [1.54, 1.807) is 20.2 Å². The van der Waals surface area contributed by atoms with Gasteiger partial charge in [0.05, 0.1) is 20.1 Å². The van der Waals surface area contributed by atoms with Crippen LogP contribution in [0.4, 0.5) is 0 Å². The first-order chi connectivity index (χ1) is 7.37.